The zero-order chi connectivity index (χ0) is 27.9. The van der Waals surface area contributed by atoms with E-state index < -0.39 is 5.91 Å². The predicted octanol–water partition coefficient (Wildman–Crippen LogP) is 3.60. The molecule has 1 aliphatic rings. The first-order valence-corrected chi connectivity index (χ1v) is 13.2. The molecule has 7 N–H and O–H groups in total. The van der Waals surface area contributed by atoms with Crippen molar-refractivity contribution < 1.29 is 4.79 Å². The van der Waals surface area contributed by atoms with Crippen molar-refractivity contribution in [2.45, 2.75) is 25.3 Å². The van der Waals surface area contributed by atoms with E-state index in [-0.39, 0.29) is 23.9 Å². The molecule has 1 aliphatic heterocycles. The minimum absolute atomic E-state index is 0.0476. The maximum absolute atomic E-state index is 12.9. The molecule has 0 saturated carbocycles. The molecule has 3 heterocycles. The van der Waals surface area contributed by atoms with E-state index in [1.807, 2.05) is 12.1 Å². The van der Waals surface area contributed by atoms with Crippen LogP contribution in [-0.2, 0) is 6.54 Å². The van der Waals surface area contributed by atoms with Crippen LogP contribution in [-0.4, -0.2) is 50.0 Å². The van der Waals surface area contributed by atoms with Gasteiger partial charge < -0.3 is 22.1 Å². The fourth-order valence-corrected chi connectivity index (χ4v) is 4.60. The summed E-state index contributed by atoms with van der Waals surface area (Å²) in [6.07, 6.45) is 6.95. The lowest BCUT2D eigenvalue weighted by Gasteiger charge is -2.23. The molecular formula is C28H29ClN10O. The SMILES string of the molecule is NC(/C=C\c1n[nH]c(CNC(=O)c2nc(-c3cccc(C4CCNCC4)c3)cnc2N)n1)=Nc1cccc(Cl)c1. The molecule has 4 aromatic rings. The van der Waals surface area contributed by atoms with E-state index in [9.17, 15) is 4.79 Å². The van der Waals surface area contributed by atoms with Gasteiger partial charge in [-0.2, -0.15) is 5.10 Å². The molecular weight excluding hydrogens is 528 g/mol. The van der Waals surface area contributed by atoms with E-state index in [2.05, 4.69) is 52.9 Å². The summed E-state index contributed by atoms with van der Waals surface area (Å²) in [5.41, 5.74) is 15.4. The molecule has 1 fully saturated rings. The average molecular weight is 557 g/mol. The number of nitrogens with one attached hydrogen (secondary N) is 3. The highest BCUT2D eigenvalue weighted by molar-refractivity contribution is 6.30. The van der Waals surface area contributed by atoms with E-state index in [4.69, 9.17) is 23.1 Å². The number of hydrogen-bond donors (Lipinski definition) is 5. The van der Waals surface area contributed by atoms with Gasteiger partial charge >= 0.3 is 0 Å². The third-order valence-electron chi connectivity index (χ3n) is 6.44. The number of aliphatic imine (C=N–C) groups is 1. The summed E-state index contributed by atoms with van der Waals surface area (Å²) in [5.74, 6) is 1.16. The summed E-state index contributed by atoms with van der Waals surface area (Å²) in [6, 6.07) is 15.3. The highest BCUT2D eigenvalue weighted by atomic mass is 35.5. The van der Waals surface area contributed by atoms with Gasteiger partial charge in [0.2, 0.25) is 0 Å². The topological polar surface area (TPSA) is 173 Å². The van der Waals surface area contributed by atoms with Crippen molar-refractivity contribution in [3.63, 3.8) is 0 Å². The van der Waals surface area contributed by atoms with Crippen molar-refractivity contribution in [2.75, 3.05) is 18.8 Å². The Kier molecular flexibility index (Phi) is 8.43. The van der Waals surface area contributed by atoms with Crippen LogP contribution in [0.5, 0.6) is 0 Å². The van der Waals surface area contributed by atoms with Crippen molar-refractivity contribution in [1.82, 2.24) is 35.8 Å². The van der Waals surface area contributed by atoms with Crippen molar-refractivity contribution in [3.05, 3.63) is 88.7 Å². The normalized spacial score (nSPS) is 14.5. The number of aromatic amines is 1. The zero-order valence-electron chi connectivity index (χ0n) is 21.6. The summed E-state index contributed by atoms with van der Waals surface area (Å²) in [4.78, 5) is 30.3. The molecule has 11 nitrogen and oxygen atoms in total. The van der Waals surface area contributed by atoms with Crippen LogP contribution in [0.25, 0.3) is 17.3 Å². The van der Waals surface area contributed by atoms with Gasteiger partial charge in [0, 0.05) is 10.6 Å². The van der Waals surface area contributed by atoms with Gasteiger partial charge in [0.25, 0.3) is 5.91 Å². The van der Waals surface area contributed by atoms with Gasteiger partial charge in [-0.1, -0.05) is 35.9 Å². The first-order valence-electron chi connectivity index (χ1n) is 12.9. The first kappa shape index (κ1) is 27.0. The quantitative estimate of drug-likeness (QED) is 0.162. The molecule has 204 valence electrons. The smallest absolute Gasteiger partial charge is 0.274 e. The number of nitrogens with two attached hydrogens (primary N) is 2. The molecule has 0 radical (unpaired) electrons. The lowest BCUT2D eigenvalue weighted by molar-refractivity contribution is 0.0945. The number of benzene rings is 2. The standard InChI is InChI=1S/C28H29ClN10O/c29-20-5-2-6-21(14-20)35-23(30)7-8-24-37-25(39-38-24)16-34-28(40)26-27(31)33-15-22(36-26)19-4-1-3-18(13-19)17-9-11-32-12-10-17/h1-8,13-15,17,32H,9-12,16H2,(H2,30,35)(H2,31,33)(H,34,40)(H,37,38,39)/b8-7-. The van der Waals surface area contributed by atoms with E-state index in [1.54, 1.807) is 42.6 Å². The van der Waals surface area contributed by atoms with E-state index in [1.165, 1.54) is 5.56 Å². The Hall–Kier alpha value is -4.61. The van der Waals surface area contributed by atoms with Crippen LogP contribution in [0.2, 0.25) is 5.02 Å². The van der Waals surface area contributed by atoms with Crippen molar-refractivity contribution >= 4 is 40.9 Å². The monoisotopic (exact) mass is 556 g/mol. The van der Waals surface area contributed by atoms with Crippen molar-refractivity contribution in [1.29, 1.82) is 0 Å². The highest BCUT2D eigenvalue weighted by Gasteiger charge is 2.18. The molecule has 5 rings (SSSR count). The number of anilines is 1. The summed E-state index contributed by atoms with van der Waals surface area (Å²) >= 11 is 5.97. The van der Waals surface area contributed by atoms with Gasteiger partial charge in [-0.25, -0.2) is 19.9 Å². The Morgan fingerprint density at radius 2 is 1.98 bits per heavy atom. The molecule has 2 aromatic heterocycles. The Bertz CT molecular complexity index is 1560. The number of halogens is 1. The largest absolute Gasteiger partial charge is 0.384 e. The lowest BCUT2D eigenvalue weighted by atomic mass is 9.89. The number of nitrogen functional groups attached to an aromatic ring is 1. The van der Waals surface area contributed by atoms with Crippen LogP contribution in [0.3, 0.4) is 0 Å². The Balaban J connectivity index is 1.22. The van der Waals surface area contributed by atoms with Crippen LogP contribution in [0.1, 0.15) is 46.5 Å². The fourth-order valence-electron chi connectivity index (χ4n) is 4.42. The summed E-state index contributed by atoms with van der Waals surface area (Å²) in [6.45, 7) is 2.11. The molecule has 0 aliphatic carbocycles. The van der Waals surface area contributed by atoms with Gasteiger partial charge in [0.15, 0.2) is 17.3 Å². The Morgan fingerprint density at radius 1 is 1.15 bits per heavy atom. The van der Waals surface area contributed by atoms with Gasteiger partial charge in [-0.05, 0) is 73.8 Å². The number of carbonyl (C=O) groups excluding carboxylic acids is 1. The van der Waals surface area contributed by atoms with Crippen LogP contribution in [0, 0.1) is 0 Å². The molecule has 1 amide bonds. The van der Waals surface area contributed by atoms with Gasteiger partial charge in [0.1, 0.15) is 11.7 Å². The summed E-state index contributed by atoms with van der Waals surface area (Å²) in [7, 11) is 0. The number of amidine groups is 1. The summed E-state index contributed by atoms with van der Waals surface area (Å²) < 4.78 is 0. The highest BCUT2D eigenvalue weighted by Crippen LogP contribution is 2.28. The molecule has 0 atom stereocenters. The second-order valence-electron chi connectivity index (χ2n) is 9.31. The van der Waals surface area contributed by atoms with Crippen LogP contribution < -0.4 is 22.1 Å². The molecule has 2 aromatic carbocycles. The average Bonchev–Trinajstić information content (AvgIpc) is 3.43. The number of nitrogens with zero attached hydrogens (tertiary/aromatic N) is 5. The van der Waals surface area contributed by atoms with Gasteiger partial charge in [-0.15, -0.1) is 0 Å². The van der Waals surface area contributed by atoms with Crippen LogP contribution in [0.4, 0.5) is 11.5 Å². The van der Waals surface area contributed by atoms with Gasteiger partial charge in [0.05, 0.1) is 24.1 Å². The third-order valence-corrected chi connectivity index (χ3v) is 6.68. The molecule has 0 bridgehead atoms. The van der Waals surface area contributed by atoms with Crippen molar-refractivity contribution in [3.8, 4) is 11.3 Å². The molecule has 12 heteroatoms. The number of rotatable bonds is 8. The number of piperidine rings is 1. The van der Waals surface area contributed by atoms with Crippen LogP contribution in [0.15, 0.2) is 65.8 Å². The minimum atomic E-state index is -0.465. The first-order chi connectivity index (χ1) is 19.4. The van der Waals surface area contributed by atoms with Crippen LogP contribution >= 0.6 is 11.6 Å². The van der Waals surface area contributed by atoms with Crippen molar-refractivity contribution in [2.24, 2.45) is 10.7 Å². The van der Waals surface area contributed by atoms with Gasteiger partial charge in [-0.3, -0.25) is 9.89 Å². The number of aromatic nitrogens is 5. The number of amides is 1. The Labute approximate surface area is 236 Å². The summed E-state index contributed by atoms with van der Waals surface area (Å²) in [5, 5.41) is 13.6. The second-order valence-corrected chi connectivity index (χ2v) is 9.75. The van der Waals surface area contributed by atoms with E-state index in [0.29, 0.717) is 34.0 Å². The maximum atomic E-state index is 12.9. The fraction of sp³-hybridized carbons (Fsp3) is 0.214. The van der Waals surface area contributed by atoms with E-state index in [0.717, 1.165) is 31.5 Å². The molecule has 40 heavy (non-hydrogen) atoms. The number of H-pyrrole nitrogens is 1. The molecule has 0 spiro atoms. The Morgan fingerprint density at radius 3 is 2.80 bits per heavy atom. The third kappa shape index (κ3) is 6.87. The second kappa shape index (κ2) is 12.5. The maximum Gasteiger partial charge on any atom is 0.274 e. The molecule has 1 saturated heterocycles. The predicted molar refractivity (Wildman–Crippen MR) is 156 cm³/mol. The number of hydrogen-bond acceptors (Lipinski definition) is 8. The zero-order valence-corrected chi connectivity index (χ0v) is 22.4. The number of carbonyl (C=O) groups is 1. The van der Waals surface area contributed by atoms with E-state index >= 15 is 0 Å². The minimum Gasteiger partial charge on any atom is -0.384 e. The molecule has 0 unspecified atom stereocenters. The lowest BCUT2D eigenvalue weighted by Crippen LogP contribution is -2.26.